The molecule has 1 fully saturated rings. The minimum absolute atomic E-state index is 0.116. The summed E-state index contributed by atoms with van der Waals surface area (Å²) in [6, 6.07) is 0. The standard InChI is InChI=1S/C5H11NO3S/c6-5-4(7)2-1-3-10(5,8)9/h4-5,7H,1-3,6H2. The van der Waals surface area contributed by atoms with Crippen LogP contribution in [0.1, 0.15) is 12.8 Å². The van der Waals surface area contributed by atoms with E-state index < -0.39 is 21.3 Å². The Kier molecular flexibility index (Phi) is 1.98. The monoisotopic (exact) mass is 165 g/mol. The Bertz CT molecular complexity index is 211. The van der Waals surface area contributed by atoms with E-state index >= 15 is 0 Å². The first-order valence-corrected chi connectivity index (χ1v) is 4.91. The molecule has 1 rings (SSSR count). The van der Waals surface area contributed by atoms with Crippen LogP contribution in [0.25, 0.3) is 0 Å². The Morgan fingerprint density at radius 1 is 1.50 bits per heavy atom. The van der Waals surface area contributed by atoms with E-state index in [2.05, 4.69) is 0 Å². The average Bonchev–Trinajstić information content (AvgIpc) is 1.83. The Morgan fingerprint density at radius 2 is 2.10 bits per heavy atom. The second-order valence-corrected chi connectivity index (χ2v) is 4.82. The second-order valence-electron chi connectivity index (χ2n) is 2.54. The van der Waals surface area contributed by atoms with Crippen LogP contribution in [0.2, 0.25) is 0 Å². The van der Waals surface area contributed by atoms with Crippen LogP contribution in [0.4, 0.5) is 0 Å². The van der Waals surface area contributed by atoms with Gasteiger partial charge in [0.05, 0.1) is 11.9 Å². The quantitative estimate of drug-likeness (QED) is 0.474. The molecule has 2 atom stereocenters. The minimum atomic E-state index is -3.18. The zero-order chi connectivity index (χ0) is 7.78. The van der Waals surface area contributed by atoms with Gasteiger partial charge >= 0.3 is 0 Å². The predicted octanol–water partition coefficient (Wildman–Crippen LogP) is -1.16. The normalized spacial score (nSPS) is 39.4. The van der Waals surface area contributed by atoms with E-state index in [1.165, 1.54) is 0 Å². The van der Waals surface area contributed by atoms with Crippen molar-refractivity contribution in [2.75, 3.05) is 5.75 Å². The van der Waals surface area contributed by atoms with Crippen molar-refractivity contribution in [2.45, 2.75) is 24.3 Å². The Balaban J connectivity index is 2.80. The van der Waals surface area contributed by atoms with Crippen LogP contribution < -0.4 is 5.73 Å². The third-order valence-electron chi connectivity index (χ3n) is 1.72. The van der Waals surface area contributed by atoms with E-state index in [-0.39, 0.29) is 5.75 Å². The van der Waals surface area contributed by atoms with Gasteiger partial charge in [-0.2, -0.15) is 0 Å². The molecule has 2 unspecified atom stereocenters. The van der Waals surface area contributed by atoms with Gasteiger partial charge in [-0.3, -0.25) is 0 Å². The molecule has 0 aromatic carbocycles. The fraction of sp³-hybridized carbons (Fsp3) is 1.00. The van der Waals surface area contributed by atoms with Crippen molar-refractivity contribution in [1.82, 2.24) is 0 Å². The summed E-state index contributed by atoms with van der Waals surface area (Å²) in [5.41, 5.74) is 5.22. The van der Waals surface area contributed by atoms with E-state index in [9.17, 15) is 8.42 Å². The number of rotatable bonds is 0. The van der Waals surface area contributed by atoms with E-state index in [4.69, 9.17) is 10.8 Å². The summed E-state index contributed by atoms with van der Waals surface area (Å²) in [5.74, 6) is 0.116. The maximum atomic E-state index is 10.9. The van der Waals surface area contributed by atoms with Crippen molar-refractivity contribution < 1.29 is 13.5 Å². The van der Waals surface area contributed by atoms with E-state index in [0.29, 0.717) is 12.8 Å². The van der Waals surface area contributed by atoms with Gasteiger partial charge in [0, 0.05) is 0 Å². The first-order valence-electron chi connectivity index (χ1n) is 3.19. The number of hydrogen-bond donors (Lipinski definition) is 2. The average molecular weight is 165 g/mol. The predicted molar refractivity (Wildman–Crippen MR) is 37.0 cm³/mol. The van der Waals surface area contributed by atoms with Gasteiger partial charge in [0.1, 0.15) is 5.37 Å². The van der Waals surface area contributed by atoms with Gasteiger partial charge in [-0.05, 0) is 12.8 Å². The third kappa shape index (κ3) is 1.31. The summed E-state index contributed by atoms with van der Waals surface area (Å²) < 4.78 is 21.8. The summed E-state index contributed by atoms with van der Waals surface area (Å²) in [4.78, 5) is 0. The molecule has 0 saturated carbocycles. The minimum Gasteiger partial charge on any atom is -0.390 e. The molecule has 10 heavy (non-hydrogen) atoms. The Hall–Kier alpha value is -0.130. The van der Waals surface area contributed by atoms with Crippen LogP contribution in [-0.2, 0) is 9.84 Å². The van der Waals surface area contributed by atoms with E-state index in [1.54, 1.807) is 0 Å². The van der Waals surface area contributed by atoms with Crippen LogP contribution in [0, 0.1) is 0 Å². The molecule has 60 valence electrons. The fourth-order valence-corrected chi connectivity index (χ4v) is 2.49. The van der Waals surface area contributed by atoms with Crippen molar-refractivity contribution in [2.24, 2.45) is 5.73 Å². The van der Waals surface area contributed by atoms with E-state index in [1.807, 2.05) is 0 Å². The molecule has 0 aromatic rings. The van der Waals surface area contributed by atoms with Crippen LogP contribution in [0.15, 0.2) is 0 Å². The van der Waals surface area contributed by atoms with Crippen molar-refractivity contribution >= 4 is 9.84 Å². The molecule has 1 saturated heterocycles. The molecule has 0 spiro atoms. The highest BCUT2D eigenvalue weighted by Gasteiger charge is 2.32. The van der Waals surface area contributed by atoms with Crippen LogP contribution in [-0.4, -0.2) is 30.8 Å². The van der Waals surface area contributed by atoms with Gasteiger partial charge in [0.25, 0.3) is 0 Å². The lowest BCUT2D eigenvalue weighted by Crippen LogP contribution is -2.46. The SMILES string of the molecule is NC1C(O)CCCS1(=O)=O. The van der Waals surface area contributed by atoms with Crippen molar-refractivity contribution in [1.29, 1.82) is 0 Å². The molecule has 0 bridgehead atoms. The topological polar surface area (TPSA) is 80.4 Å². The lowest BCUT2D eigenvalue weighted by Gasteiger charge is -2.23. The van der Waals surface area contributed by atoms with Crippen molar-refractivity contribution in [3.8, 4) is 0 Å². The lowest BCUT2D eigenvalue weighted by molar-refractivity contribution is 0.153. The van der Waals surface area contributed by atoms with Gasteiger partial charge in [-0.25, -0.2) is 8.42 Å². The molecule has 5 heteroatoms. The van der Waals surface area contributed by atoms with E-state index in [0.717, 1.165) is 0 Å². The molecular weight excluding hydrogens is 154 g/mol. The molecule has 1 aliphatic rings. The first kappa shape index (κ1) is 7.97. The maximum absolute atomic E-state index is 10.9. The summed E-state index contributed by atoms with van der Waals surface area (Å²) in [5, 5.41) is 7.95. The highest BCUT2D eigenvalue weighted by Crippen LogP contribution is 2.15. The molecular formula is C5H11NO3S. The molecule has 0 aliphatic carbocycles. The van der Waals surface area contributed by atoms with Gasteiger partial charge < -0.3 is 10.8 Å². The first-order chi connectivity index (χ1) is 4.54. The zero-order valence-electron chi connectivity index (χ0n) is 5.53. The Morgan fingerprint density at radius 3 is 2.50 bits per heavy atom. The third-order valence-corrected chi connectivity index (χ3v) is 3.72. The Labute approximate surface area is 60.0 Å². The van der Waals surface area contributed by atoms with Gasteiger partial charge in [-0.1, -0.05) is 0 Å². The van der Waals surface area contributed by atoms with Crippen molar-refractivity contribution in [3.63, 3.8) is 0 Å². The van der Waals surface area contributed by atoms with Crippen LogP contribution >= 0.6 is 0 Å². The number of sulfone groups is 1. The molecule has 3 N–H and O–H groups in total. The lowest BCUT2D eigenvalue weighted by atomic mass is 10.2. The summed E-state index contributed by atoms with van der Waals surface area (Å²) >= 11 is 0. The largest absolute Gasteiger partial charge is 0.390 e. The van der Waals surface area contributed by atoms with Gasteiger partial charge in [0.2, 0.25) is 0 Å². The molecule has 1 heterocycles. The molecule has 1 aliphatic heterocycles. The molecule has 4 nitrogen and oxygen atoms in total. The van der Waals surface area contributed by atoms with Gasteiger partial charge in [-0.15, -0.1) is 0 Å². The molecule has 0 aromatic heterocycles. The molecule has 0 amide bonds. The zero-order valence-corrected chi connectivity index (χ0v) is 6.34. The van der Waals surface area contributed by atoms with Crippen molar-refractivity contribution in [3.05, 3.63) is 0 Å². The molecule has 0 radical (unpaired) electrons. The number of aliphatic hydroxyl groups excluding tert-OH is 1. The summed E-state index contributed by atoms with van der Waals surface area (Å²) in [6.45, 7) is 0. The number of hydrogen-bond acceptors (Lipinski definition) is 4. The summed E-state index contributed by atoms with van der Waals surface area (Å²) in [6.07, 6.45) is 0.163. The highest BCUT2D eigenvalue weighted by atomic mass is 32.2. The van der Waals surface area contributed by atoms with Gasteiger partial charge in [0.15, 0.2) is 9.84 Å². The summed E-state index contributed by atoms with van der Waals surface area (Å²) in [7, 11) is -3.18. The second kappa shape index (κ2) is 2.48. The number of nitrogens with two attached hydrogens (primary N) is 1. The fourth-order valence-electron chi connectivity index (χ4n) is 1.03. The maximum Gasteiger partial charge on any atom is 0.168 e. The number of aliphatic hydroxyl groups is 1. The highest BCUT2D eigenvalue weighted by molar-refractivity contribution is 7.92. The smallest absolute Gasteiger partial charge is 0.168 e. The van der Waals surface area contributed by atoms with Crippen LogP contribution in [0.3, 0.4) is 0 Å². The van der Waals surface area contributed by atoms with Crippen LogP contribution in [0.5, 0.6) is 0 Å².